The molecule has 5 N–H and O–H groups in total. The lowest BCUT2D eigenvalue weighted by Crippen LogP contribution is -2.45. The van der Waals surface area contributed by atoms with E-state index in [9.17, 15) is 4.79 Å². The highest BCUT2D eigenvalue weighted by Crippen LogP contribution is 2.25. The van der Waals surface area contributed by atoms with Gasteiger partial charge in [0.05, 0.1) is 11.3 Å². The molecule has 3 rings (SSSR count). The van der Waals surface area contributed by atoms with Crippen LogP contribution in [0.2, 0.25) is 0 Å². The van der Waals surface area contributed by atoms with Gasteiger partial charge >= 0.3 is 0 Å². The second-order valence-electron chi connectivity index (χ2n) is 4.44. The van der Waals surface area contributed by atoms with E-state index in [1.54, 1.807) is 0 Å². The summed E-state index contributed by atoms with van der Waals surface area (Å²) in [6.07, 6.45) is 0.382. The fraction of sp³-hybridized carbons (Fsp3) is 0.154. The Bertz CT molecular complexity index is 733. The molecule has 0 atom stereocenters. The van der Waals surface area contributed by atoms with Gasteiger partial charge in [0.1, 0.15) is 0 Å². The highest BCUT2D eigenvalue weighted by atomic mass is 32.1. The molecule has 20 heavy (non-hydrogen) atoms. The number of para-hydroxylation sites is 1. The minimum Gasteiger partial charge on any atom is -0.375 e. The summed E-state index contributed by atoms with van der Waals surface area (Å²) in [4.78, 5) is 19.9. The van der Waals surface area contributed by atoms with Gasteiger partial charge in [-0.3, -0.25) is 20.6 Å². The Morgan fingerprint density at radius 3 is 3.00 bits per heavy atom. The Labute approximate surface area is 120 Å². The predicted molar refractivity (Wildman–Crippen MR) is 81.7 cm³/mol. The number of hydrogen-bond donors (Lipinski definition) is 4. The summed E-state index contributed by atoms with van der Waals surface area (Å²) in [5, 5.41) is 1.01. The van der Waals surface area contributed by atoms with Gasteiger partial charge in [-0.15, -0.1) is 0 Å². The zero-order valence-electron chi connectivity index (χ0n) is 10.6. The summed E-state index contributed by atoms with van der Waals surface area (Å²) in [7, 11) is 0. The fourth-order valence-corrected chi connectivity index (χ4v) is 2.36. The standard InChI is InChI=1S/C13H13N5OS/c14-13(20)18-17-12-11-10(9(19)5-6-15-12)7-3-1-2-4-8(7)16-11/h1-4,16H,5-6H2,(H,15,17)(H3,14,18,20). The molecule has 0 amide bonds. The summed E-state index contributed by atoms with van der Waals surface area (Å²) in [5.74, 6) is 0.614. The van der Waals surface area contributed by atoms with Crippen LogP contribution in [-0.4, -0.2) is 28.3 Å². The van der Waals surface area contributed by atoms with Crippen LogP contribution in [0.15, 0.2) is 29.3 Å². The molecule has 7 heteroatoms. The van der Waals surface area contributed by atoms with E-state index in [1.807, 2.05) is 24.3 Å². The normalized spacial score (nSPS) is 14.4. The molecule has 1 aliphatic rings. The van der Waals surface area contributed by atoms with Crippen molar-refractivity contribution in [2.24, 2.45) is 10.7 Å². The molecule has 0 saturated heterocycles. The summed E-state index contributed by atoms with van der Waals surface area (Å²) in [5.41, 5.74) is 13.1. The molecular weight excluding hydrogens is 274 g/mol. The number of amidine groups is 1. The van der Waals surface area contributed by atoms with E-state index in [0.717, 1.165) is 10.9 Å². The number of benzene rings is 1. The Balaban J connectivity index is 2.12. The van der Waals surface area contributed by atoms with Gasteiger partial charge < -0.3 is 10.7 Å². The highest BCUT2D eigenvalue weighted by Gasteiger charge is 2.23. The van der Waals surface area contributed by atoms with Crippen molar-refractivity contribution in [3.8, 4) is 0 Å². The number of nitrogens with two attached hydrogens (primary N) is 1. The molecule has 102 valence electrons. The Hall–Kier alpha value is -2.41. The van der Waals surface area contributed by atoms with E-state index in [0.29, 0.717) is 30.1 Å². The number of hydrogen-bond acceptors (Lipinski definition) is 4. The van der Waals surface area contributed by atoms with Crippen LogP contribution in [0.1, 0.15) is 22.5 Å². The number of thiocarbonyl (C=S) groups is 1. The molecule has 0 fully saturated rings. The summed E-state index contributed by atoms with van der Waals surface area (Å²) in [6, 6.07) is 7.68. The molecule has 1 aromatic carbocycles. The quantitative estimate of drug-likeness (QED) is 0.425. The van der Waals surface area contributed by atoms with E-state index in [-0.39, 0.29) is 10.9 Å². The molecular formula is C13H13N5OS. The largest absolute Gasteiger partial charge is 0.375 e. The lowest BCUT2D eigenvalue weighted by Gasteiger charge is -2.09. The van der Waals surface area contributed by atoms with Gasteiger partial charge in [0.2, 0.25) is 0 Å². The molecule has 0 saturated carbocycles. The van der Waals surface area contributed by atoms with E-state index in [4.69, 9.17) is 18.0 Å². The number of ketones is 1. The molecule has 6 nitrogen and oxygen atoms in total. The first-order chi connectivity index (χ1) is 9.66. The van der Waals surface area contributed by atoms with Crippen LogP contribution in [0, 0.1) is 0 Å². The van der Waals surface area contributed by atoms with Crippen molar-refractivity contribution in [2.75, 3.05) is 6.54 Å². The van der Waals surface area contributed by atoms with Crippen LogP contribution in [0.3, 0.4) is 0 Å². The minimum atomic E-state index is 0.0772. The van der Waals surface area contributed by atoms with Crippen LogP contribution in [0.5, 0.6) is 0 Å². The van der Waals surface area contributed by atoms with Crippen molar-refractivity contribution in [2.45, 2.75) is 6.42 Å². The van der Waals surface area contributed by atoms with Gasteiger partial charge in [0.25, 0.3) is 0 Å². The Kier molecular flexibility index (Phi) is 3.11. The molecule has 2 aromatic rings. The average molecular weight is 287 g/mol. The molecule has 0 radical (unpaired) electrons. The lowest BCUT2D eigenvalue weighted by atomic mass is 10.0. The predicted octanol–water partition coefficient (Wildman–Crippen LogP) is 0.839. The van der Waals surface area contributed by atoms with Crippen LogP contribution in [-0.2, 0) is 0 Å². The molecule has 0 spiro atoms. The van der Waals surface area contributed by atoms with Crippen LogP contribution in [0.25, 0.3) is 10.9 Å². The number of carbonyl (C=O) groups excluding carboxylic acids is 1. The number of aromatic nitrogens is 1. The molecule has 1 aliphatic heterocycles. The third-order valence-electron chi connectivity index (χ3n) is 3.13. The number of hydrazine groups is 1. The summed E-state index contributed by atoms with van der Waals surface area (Å²) >= 11 is 4.76. The van der Waals surface area contributed by atoms with Gasteiger partial charge in [0, 0.05) is 23.9 Å². The number of fused-ring (bicyclic) bond motifs is 3. The van der Waals surface area contributed by atoms with Gasteiger partial charge in [-0.25, -0.2) is 0 Å². The third-order valence-corrected chi connectivity index (χ3v) is 3.24. The van der Waals surface area contributed by atoms with Crippen molar-refractivity contribution in [1.82, 2.24) is 15.8 Å². The van der Waals surface area contributed by atoms with Crippen molar-refractivity contribution >= 4 is 39.9 Å². The lowest BCUT2D eigenvalue weighted by molar-refractivity contribution is 0.0988. The number of rotatable bonds is 0. The van der Waals surface area contributed by atoms with Crippen LogP contribution >= 0.6 is 12.2 Å². The SMILES string of the molecule is NC(=S)NNC1=NCCC(=O)c2c1[nH]c1ccccc21. The number of nitrogens with one attached hydrogen (secondary N) is 3. The van der Waals surface area contributed by atoms with E-state index < -0.39 is 0 Å². The summed E-state index contributed by atoms with van der Waals surface area (Å²) < 4.78 is 0. The Morgan fingerprint density at radius 1 is 1.40 bits per heavy atom. The topological polar surface area (TPSA) is 95.3 Å². The number of aliphatic imine (C=N–C) groups is 1. The zero-order valence-corrected chi connectivity index (χ0v) is 11.4. The molecule has 0 unspecified atom stereocenters. The number of aromatic amines is 1. The van der Waals surface area contributed by atoms with Crippen molar-refractivity contribution in [1.29, 1.82) is 0 Å². The minimum absolute atomic E-state index is 0.0772. The molecule has 0 bridgehead atoms. The first kappa shape index (κ1) is 12.6. The maximum Gasteiger partial charge on any atom is 0.182 e. The number of nitrogens with zero attached hydrogens (tertiary/aromatic N) is 1. The highest BCUT2D eigenvalue weighted by molar-refractivity contribution is 7.80. The number of Topliss-reactive ketones (excluding diaryl/α,β-unsaturated/α-hetero) is 1. The van der Waals surface area contributed by atoms with Gasteiger partial charge in [0.15, 0.2) is 16.7 Å². The number of H-pyrrole nitrogens is 1. The number of carbonyl (C=O) groups is 1. The summed E-state index contributed by atoms with van der Waals surface area (Å²) in [6.45, 7) is 0.428. The first-order valence-electron chi connectivity index (χ1n) is 6.17. The first-order valence-corrected chi connectivity index (χ1v) is 6.58. The Morgan fingerprint density at radius 2 is 2.20 bits per heavy atom. The van der Waals surface area contributed by atoms with E-state index >= 15 is 0 Å². The third kappa shape index (κ3) is 2.12. The van der Waals surface area contributed by atoms with Gasteiger partial charge in [-0.2, -0.15) is 0 Å². The van der Waals surface area contributed by atoms with Gasteiger partial charge in [-0.05, 0) is 18.3 Å². The monoisotopic (exact) mass is 287 g/mol. The van der Waals surface area contributed by atoms with Gasteiger partial charge in [-0.1, -0.05) is 18.2 Å². The fourth-order valence-electron chi connectivity index (χ4n) is 2.31. The van der Waals surface area contributed by atoms with E-state index in [1.165, 1.54) is 0 Å². The molecule has 0 aliphatic carbocycles. The second kappa shape index (κ2) is 4.93. The van der Waals surface area contributed by atoms with Crippen LogP contribution in [0.4, 0.5) is 0 Å². The van der Waals surface area contributed by atoms with Crippen molar-refractivity contribution in [3.05, 3.63) is 35.5 Å². The maximum atomic E-state index is 12.3. The average Bonchev–Trinajstić information content (AvgIpc) is 2.74. The smallest absolute Gasteiger partial charge is 0.182 e. The van der Waals surface area contributed by atoms with Crippen molar-refractivity contribution in [3.63, 3.8) is 0 Å². The molecule has 1 aromatic heterocycles. The van der Waals surface area contributed by atoms with Crippen LogP contribution < -0.4 is 16.6 Å². The van der Waals surface area contributed by atoms with E-state index in [2.05, 4.69) is 20.8 Å². The molecule has 2 heterocycles. The zero-order chi connectivity index (χ0) is 14.1. The second-order valence-corrected chi connectivity index (χ2v) is 4.88. The van der Waals surface area contributed by atoms with Crippen molar-refractivity contribution < 1.29 is 4.79 Å². The maximum absolute atomic E-state index is 12.3.